The lowest BCUT2D eigenvalue weighted by atomic mass is 10.3. The molecule has 1 aromatic carbocycles. The van der Waals surface area contributed by atoms with Crippen LogP contribution in [0.25, 0.3) is 0 Å². The predicted octanol–water partition coefficient (Wildman–Crippen LogP) is 2.94. The molecule has 110 valence electrons. The van der Waals surface area contributed by atoms with Crippen molar-refractivity contribution >= 4 is 38.9 Å². The van der Waals surface area contributed by atoms with E-state index in [0.717, 1.165) is 4.47 Å². The van der Waals surface area contributed by atoms with E-state index < -0.39 is 4.92 Å². The van der Waals surface area contributed by atoms with E-state index in [1.807, 2.05) is 0 Å². The van der Waals surface area contributed by atoms with Crippen LogP contribution in [0, 0.1) is 10.1 Å². The number of nitrogens with zero attached hydrogens (tertiary/aromatic N) is 3. The van der Waals surface area contributed by atoms with Gasteiger partial charge in [0.15, 0.2) is 0 Å². The van der Waals surface area contributed by atoms with E-state index in [1.165, 1.54) is 13.4 Å². The molecule has 2 rings (SSSR count). The molecule has 0 aliphatic rings. The number of halogens is 1. The molecular weight excluding hydrogens is 342 g/mol. The number of benzene rings is 1. The summed E-state index contributed by atoms with van der Waals surface area (Å²) in [5, 5.41) is 16.8. The predicted molar refractivity (Wildman–Crippen MR) is 82.2 cm³/mol. The normalized spacial score (nSPS) is 10.0. The molecule has 1 heterocycles. The van der Waals surface area contributed by atoms with E-state index in [0.29, 0.717) is 11.4 Å². The summed E-state index contributed by atoms with van der Waals surface area (Å²) in [4.78, 5) is 18.4. The first-order chi connectivity index (χ1) is 10.0. The summed E-state index contributed by atoms with van der Waals surface area (Å²) in [7, 11) is 3.10. The summed E-state index contributed by atoms with van der Waals surface area (Å²) in [5.41, 5.74) is 0.379. The molecule has 0 unspecified atom stereocenters. The zero-order valence-corrected chi connectivity index (χ0v) is 12.8. The van der Waals surface area contributed by atoms with Crippen molar-refractivity contribution in [2.75, 3.05) is 24.8 Å². The largest absolute Gasteiger partial charge is 0.497 e. The van der Waals surface area contributed by atoms with E-state index in [4.69, 9.17) is 4.74 Å². The number of ether oxygens (including phenoxy) is 1. The number of hydrogen-bond donors (Lipinski definition) is 2. The summed E-state index contributed by atoms with van der Waals surface area (Å²) in [6, 6.07) is 5.24. The van der Waals surface area contributed by atoms with Crippen molar-refractivity contribution in [2.45, 2.75) is 0 Å². The van der Waals surface area contributed by atoms with Gasteiger partial charge in [0.25, 0.3) is 0 Å². The molecule has 0 saturated carbocycles. The topological polar surface area (TPSA) is 102 Å². The van der Waals surface area contributed by atoms with Gasteiger partial charge >= 0.3 is 5.69 Å². The smallest absolute Gasteiger partial charge is 0.353 e. The Balaban J connectivity index is 2.44. The highest BCUT2D eigenvalue weighted by atomic mass is 79.9. The number of nitrogens with one attached hydrogen (secondary N) is 2. The highest BCUT2D eigenvalue weighted by Crippen LogP contribution is 2.32. The Morgan fingerprint density at radius 2 is 2.00 bits per heavy atom. The lowest BCUT2D eigenvalue weighted by molar-refractivity contribution is -0.383. The second kappa shape index (κ2) is 6.35. The van der Waals surface area contributed by atoms with Crippen LogP contribution >= 0.6 is 15.9 Å². The Kier molecular flexibility index (Phi) is 4.53. The molecule has 0 saturated heterocycles. The number of rotatable bonds is 5. The Hall–Kier alpha value is -2.42. The molecule has 1 aromatic heterocycles. The van der Waals surface area contributed by atoms with Crippen molar-refractivity contribution in [3.63, 3.8) is 0 Å². The Morgan fingerprint density at radius 3 is 2.62 bits per heavy atom. The first-order valence-electron chi connectivity index (χ1n) is 5.84. The van der Waals surface area contributed by atoms with Crippen LogP contribution in [0.5, 0.6) is 5.75 Å². The average Bonchev–Trinajstić information content (AvgIpc) is 2.45. The third-order valence-corrected chi connectivity index (χ3v) is 3.07. The third kappa shape index (κ3) is 3.37. The van der Waals surface area contributed by atoms with E-state index in [9.17, 15) is 10.1 Å². The van der Waals surface area contributed by atoms with Crippen molar-refractivity contribution in [2.24, 2.45) is 0 Å². The van der Waals surface area contributed by atoms with Crippen molar-refractivity contribution in [3.8, 4) is 5.75 Å². The van der Waals surface area contributed by atoms with Crippen LogP contribution in [0.2, 0.25) is 0 Å². The van der Waals surface area contributed by atoms with Crippen molar-refractivity contribution in [1.82, 2.24) is 9.97 Å². The summed E-state index contributed by atoms with van der Waals surface area (Å²) in [6.45, 7) is 0. The molecule has 0 radical (unpaired) electrons. The fourth-order valence-corrected chi connectivity index (χ4v) is 2.19. The molecule has 0 aliphatic carbocycles. The van der Waals surface area contributed by atoms with E-state index in [-0.39, 0.29) is 17.3 Å². The van der Waals surface area contributed by atoms with Gasteiger partial charge in [0, 0.05) is 23.3 Å². The maximum Gasteiger partial charge on any atom is 0.353 e. The fourth-order valence-electron chi connectivity index (χ4n) is 1.72. The average molecular weight is 354 g/mol. The SMILES string of the molecule is CNc1ncnc(Nc2cc(Br)cc(OC)c2)c1[N+](=O)[O-]. The zero-order chi connectivity index (χ0) is 15.4. The Bertz CT molecular complexity index is 680. The second-order valence-corrected chi connectivity index (χ2v) is 4.85. The summed E-state index contributed by atoms with van der Waals surface area (Å²) >= 11 is 3.34. The first-order valence-corrected chi connectivity index (χ1v) is 6.63. The van der Waals surface area contributed by atoms with Crippen LogP contribution in [-0.2, 0) is 0 Å². The summed E-state index contributed by atoms with van der Waals surface area (Å²) < 4.78 is 5.92. The summed E-state index contributed by atoms with van der Waals surface area (Å²) in [5.74, 6) is 0.844. The molecule has 0 fully saturated rings. The molecule has 2 N–H and O–H groups in total. The standard InChI is InChI=1S/C12H12BrN5O3/c1-14-11-10(18(19)20)12(16-6-15-11)17-8-3-7(13)4-9(5-8)21-2/h3-6H,1-2H3,(H2,14,15,16,17). The highest BCUT2D eigenvalue weighted by molar-refractivity contribution is 9.10. The molecule has 8 nitrogen and oxygen atoms in total. The van der Waals surface area contributed by atoms with Crippen molar-refractivity contribution in [3.05, 3.63) is 39.1 Å². The lowest BCUT2D eigenvalue weighted by Crippen LogP contribution is -2.05. The monoisotopic (exact) mass is 353 g/mol. The van der Waals surface area contributed by atoms with Crippen LogP contribution < -0.4 is 15.4 Å². The van der Waals surface area contributed by atoms with Crippen LogP contribution in [0.1, 0.15) is 0 Å². The number of nitro groups is 1. The third-order valence-electron chi connectivity index (χ3n) is 2.61. The van der Waals surface area contributed by atoms with Crippen LogP contribution in [0.15, 0.2) is 29.0 Å². The van der Waals surface area contributed by atoms with Crippen LogP contribution in [0.4, 0.5) is 23.0 Å². The van der Waals surface area contributed by atoms with Gasteiger partial charge in [-0.05, 0) is 12.1 Å². The molecule has 0 amide bonds. The van der Waals surface area contributed by atoms with Crippen LogP contribution in [-0.4, -0.2) is 29.0 Å². The minimum absolute atomic E-state index is 0.0968. The maximum atomic E-state index is 11.2. The zero-order valence-electron chi connectivity index (χ0n) is 11.3. The molecule has 21 heavy (non-hydrogen) atoms. The lowest BCUT2D eigenvalue weighted by Gasteiger charge is -2.10. The van der Waals surface area contributed by atoms with Gasteiger partial charge in [0.1, 0.15) is 12.1 Å². The number of aromatic nitrogens is 2. The van der Waals surface area contributed by atoms with Gasteiger partial charge in [-0.15, -0.1) is 0 Å². The van der Waals surface area contributed by atoms with Gasteiger partial charge in [-0.1, -0.05) is 15.9 Å². The minimum atomic E-state index is -0.538. The van der Waals surface area contributed by atoms with Gasteiger partial charge in [-0.2, -0.15) is 0 Å². The summed E-state index contributed by atoms with van der Waals surface area (Å²) in [6.07, 6.45) is 1.25. The molecule has 0 spiro atoms. The van der Waals surface area contributed by atoms with Gasteiger partial charge in [-0.25, -0.2) is 9.97 Å². The van der Waals surface area contributed by atoms with E-state index in [2.05, 4.69) is 36.5 Å². The molecule has 0 bridgehead atoms. The number of methoxy groups -OCH3 is 1. The van der Waals surface area contributed by atoms with Gasteiger partial charge < -0.3 is 15.4 Å². The van der Waals surface area contributed by atoms with Crippen molar-refractivity contribution in [1.29, 1.82) is 0 Å². The van der Waals surface area contributed by atoms with Crippen LogP contribution in [0.3, 0.4) is 0 Å². The fraction of sp³-hybridized carbons (Fsp3) is 0.167. The molecular formula is C12H12BrN5O3. The van der Waals surface area contributed by atoms with Gasteiger partial charge in [-0.3, -0.25) is 10.1 Å². The van der Waals surface area contributed by atoms with Gasteiger partial charge in [0.2, 0.25) is 11.6 Å². The van der Waals surface area contributed by atoms with E-state index >= 15 is 0 Å². The highest BCUT2D eigenvalue weighted by Gasteiger charge is 2.22. The number of anilines is 3. The second-order valence-electron chi connectivity index (χ2n) is 3.93. The maximum absolute atomic E-state index is 11.2. The minimum Gasteiger partial charge on any atom is -0.497 e. The molecule has 2 aromatic rings. The molecule has 0 aliphatic heterocycles. The Morgan fingerprint density at radius 1 is 1.29 bits per heavy atom. The van der Waals surface area contributed by atoms with Gasteiger partial charge in [0.05, 0.1) is 12.0 Å². The number of hydrogen-bond acceptors (Lipinski definition) is 7. The molecule has 0 atom stereocenters. The van der Waals surface area contributed by atoms with Crippen molar-refractivity contribution < 1.29 is 9.66 Å². The van der Waals surface area contributed by atoms with E-state index in [1.54, 1.807) is 25.2 Å². The molecule has 9 heteroatoms. The Labute approximate surface area is 128 Å². The first kappa shape index (κ1) is 15.0. The quantitative estimate of drug-likeness (QED) is 0.629.